The number of anilines is 1. The molecule has 0 saturated heterocycles. The van der Waals surface area contributed by atoms with Gasteiger partial charge in [-0.1, -0.05) is 29.8 Å². The first kappa shape index (κ1) is 16.4. The summed E-state index contributed by atoms with van der Waals surface area (Å²) in [5.41, 5.74) is 3.08. The zero-order valence-electron chi connectivity index (χ0n) is 13.3. The number of aryl methyl sites for hydroxylation is 2. The molecule has 0 fully saturated rings. The van der Waals surface area contributed by atoms with E-state index in [0.717, 1.165) is 4.90 Å². The first-order valence-electron chi connectivity index (χ1n) is 7.19. The maximum absolute atomic E-state index is 12.4. The Bertz CT molecular complexity index is 670. The molecular weight excluding hydrogens is 294 g/mol. The molecule has 116 valence electrons. The number of thioether (sulfide) groups is 1. The fraction of sp³-hybridized carbons (Fsp3) is 0.278. The van der Waals surface area contributed by atoms with Crippen molar-refractivity contribution >= 4 is 23.4 Å². The monoisotopic (exact) mass is 315 g/mol. The third-order valence-electron chi connectivity index (χ3n) is 3.38. The van der Waals surface area contributed by atoms with Crippen LogP contribution in [-0.2, 0) is 4.79 Å². The van der Waals surface area contributed by atoms with Gasteiger partial charge in [0.15, 0.2) is 0 Å². The highest BCUT2D eigenvalue weighted by atomic mass is 32.2. The molecular formula is C18H21NO2S. The average molecular weight is 315 g/mol. The van der Waals surface area contributed by atoms with Gasteiger partial charge in [-0.05, 0) is 44.5 Å². The molecule has 4 heteroatoms. The highest BCUT2D eigenvalue weighted by Gasteiger charge is 2.17. The maximum atomic E-state index is 12.4. The van der Waals surface area contributed by atoms with Crippen molar-refractivity contribution in [2.75, 3.05) is 12.4 Å². The van der Waals surface area contributed by atoms with Gasteiger partial charge in [0.25, 0.3) is 0 Å². The van der Waals surface area contributed by atoms with E-state index < -0.39 is 0 Å². The lowest BCUT2D eigenvalue weighted by Crippen LogP contribution is -2.22. The van der Waals surface area contributed by atoms with Crippen LogP contribution in [0.4, 0.5) is 5.69 Å². The first-order chi connectivity index (χ1) is 10.5. The van der Waals surface area contributed by atoms with Crippen molar-refractivity contribution in [2.24, 2.45) is 0 Å². The summed E-state index contributed by atoms with van der Waals surface area (Å²) in [6.07, 6.45) is 0. The van der Waals surface area contributed by atoms with Gasteiger partial charge in [0.05, 0.1) is 18.0 Å². The minimum absolute atomic E-state index is 0.0320. The van der Waals surface area contributed by atoms with Gasteiger partial charge in [-0.25, -0.2) is 0 Å². The van der Waals surface area contributed by atoms with Crippen molar-refractivity contribution in [3.05, 3.63) is 53.6 Å². The van der Waals surface area contributed by atoms with Crippen molar-refractivity contribution in [2.45, 2.75) is 30.9 Å². The molecule has 1 amide bonds. The molecule has 2 aromatic carbocycles. The van der Waals surface area contributed by atoms with Crippen LogP contribution in [0.2, 0.25) is 0 Å². The van der Waals surface area contributed by atoms with E-state index in [9.17, 15) is 4.79 Å². The number of hydrogen-bond donors (Lipinski definition) is 1. The van der Waals surface area contributed by atoms with Gasteiger partial charge < -0.3 is 10.1 Å². The molecule has 0 saturated carbocycles. The second kappa shape index (κ2) is 7.36. The summed E-state index contributed by atoms with van der Waals surface area (Å²) >= 11 is 1.57. The average Bonchev–Trinajstić information content (AvgIpc) is 2.51. The van der Waals surface area contributed by atoms with Crippen LogP contribution in [-0.4, -0.2) is 18.3 Å². The van der Waals surface area contributed by atoms with Crippen molar-refractivity contribution < 1.29 is 9.53 Å². The Hall–Kier alpha value is -1.94. The third kappa shape index (κ3) is 4.04. The fourth-order valence-electron chi connectivity index (χ4n) is 2.06. The molecule has 2 rings (SSSR count). The smallest absolute Gasteiger partial charge is 0.237 e. The number of para-hydroxylation sites is 2. The number of carbonyl (C=O) groups excluding carboxylic acids is 1. The van der Waals surface area contributed by atoms with E-state index in [1.54, 1.807) is 18.9 Å². The Balaban J connectivity index is 2.07. The van der Waals surface area contributed by atoms with E-state index >= 15 is 0 Å². The number of benzene rings is 2. The molecule has 0 unspecified atom stereocenters. The molecule has 2 aromatic rings. The largest absolute Gasteiger partial charge is 0.495 e. The Kier molecular flexibility index (Phi) is 5.50. The zero-order chi connectivity index (χ0) is 16.1. The van der Waals surface area contributed by atoms with Crippen LogP contribution in [0.15, 0.2) is 47.4 Å². The van der Waals surface area contributed by atoms with Crippen LogP contribution in [0.25, 0.3) is 0 Å². The zero-order valence-corrected chi connectivity index (χ0v) is 14.2. The van der Waals surface area contributed by atoms with Crippen molar-refractivity contribution in [1.29, 1.82) is 0 Å². The summed E-state index contributed by atoms with van der Waals surface area (Å²) in [5.74, 6) is 0.634. The minimum Gasteiger partial charge on any atom is -0.495 e. The molecule has 1 atom stereocenters. The minimum atomic E-state index is -0.189. The summed E-state index contributed by atoms with van der Waals surface area (Å²) in [4.78, 5) is 13.5. The normalized spacial score (nSPS) is 11.8. The van der Waals surface area contributed by atoms with Crippen LogP contribution < -0.4 is 10.1 Å². The first-order valence-corrected chi connectivity index (χ1v) is 8.07. The molecule has 1 N–H and O–H groups in total. The summed E-state index contributed by atoms with van der Waals surface area (Å²) in [5, 5.41) is 2.74. The predicted molar refractivity (Wildman–Crippen MR) is 92.9 cm³/mol. The lowest BCUT2D eigenvalue weighted by atomic mass is 10.2. The number of hydrogen-bond acceptors (Lipinski definition) is 3. The molecule has 0 bridgehead atoms. The van der Waals surface area contributed by atoms with E-state index in [-0.39, 0.29) is 11.2 Å². The van der Waals surface area contributed by atoms with Crippen molar-refractivity contribution in [1.82, 2.24) is 0 Å². The molecule has 0 spiro atoms. The van der Waals surface area contributed by atoms with Gasteiger partial charge in [0.2, 0.25) is 5.91 Å². The van der Waals surface area contributed by atoms with Crippen LogP contribution in [0.3, 0.4) is 0 Å². The van der Waals surface area contributed by atoms with Gasteiger partial charge >= 0.3 is 0 Å². The second-order valence-corrected chi connectivity index (χ2v) is 6.60. The number of carbonyl (C=O) groups is 1. The molecule has 0 heterocycles. The topological polar surface area (TPSA) is 38.3 Å². The molecule has 0 aliphatic rings. The summed E-state index contributed by atoms with van der Waals surface area (Å²) in [7, 11) is 1.60. The fourth-order valence-corrected chi connectivity index (χ4v) is 3.12. The van der Waals surface area contributed by atoms with Gasteiger partial charge in [-0.3, -0.25) is 4.79 Å². The van der Waals surface area contributed by atoms with E-state index in [1.807, 2.05) is 31.2 Å². The highest BCUT2D eigenvalue weighted by Crippen LogP contribution is 2.29. The maximum Gasteiger partial charge on any atom is 0.237 e. The van der Waals surface area contributed by atoms with Gasteiger partial charge in [0, 0.05) is 4.90 Å². The van der Waals surface area contributed by atoms with Crippen LogP contribution in [0.1, 0.15) is 18.1 Å². The number of amides is 1. The molecule has 0 aliphatic carbocycles. The highest BCUT2D eigenvalue weighted by molar-refractivity contribution is 8.00. The van der Waals surface area contributed by atoms with E-state index in [4.69, 9.17) is 4.74 Å². The second-order valence-electron chi connectivity index (χ2n) is 5.22. The van der Waals surface area contributed by atoms with E-state index in [2.05, 4.69) is 37.4 Å². The lowest BCUT2D eigenvalue weighted by molar-refractivity contribution is -0.115. The quantitative estimate of drug-likeness (QED) is 0.829. The Morgan fingerprint density at radius 2 is 1.91 bits per heavy atom. The summed E-state index contributed by atoms with van der Waals surface area (Å²) in [6, 6.07) is 13.7. The summed E-state index contributed by atoms with van der Waals surface area (Å²) in [6.45, 7) is 6.03. The van der Waals surface area contributed by atoms with Crippen LogP contribution in [0, 0.1) is 13.8 Å². The van der Waals surface area contributed by atoms with Crippen LogP contribution in [0.5, 0.6) is 5.75 Å². The number of nitrogens with one attached hydrogen (secondary N) is 1. The van der Waals surface area contributed by atoms with Crippen LogP contribution >= 0.6 is 11.8 Å². The third-order valence-corrected chi connectivity index (χ3v) is 4.64. The SMILES string of the molecule is COc1ccccc1NC(=O)[C@@H](C)Sc1cc(C)ccc1C. The molecule has 0 aliphatic heterocycles. The van der Waals surface area contributed by atoms with Crippen molar-refractivity contribution in [3.8, 4) is 5.75 Å². The number of ether oxygens (including phenoxy) is 1. The Labute approximate surface area is 136 Å². The molecule has 22 heavy (non-hydrogen) atoms. The number of rotatable bonds is 5. The van der Waals surface area contributed by atoms with E-state index in [0.29, 0.717) is 11.4 Å². The predicted octanol–water partition coefficient (Wildman–Crippen LogP) is 4.43. The summed E-state index contributed by atoms with van der Waals surface area (Å²) < 4.78 is 5.26. The number of methoxy groups -OCH3 is 1. The van der Waals surface area contributed by atoms with Gasteiger partial charge in [-0.2, -0.15) is 0 Å². The molecule has 3 nitrogen and oxygen atoms in total. The molecule has 0 radical (unpaired) electrons. The molecule has 0 aromatic heterocycles. The van der Waals surface area contributed by atoms with Gasteiger partial charge in [-0.15, -0.1) is 11.8 Å². The standard InChI is InChI=1S/C18H21NO2S/c1-12-9-10-13(2)17(11-12)22-14(3)18(20)19-15-7-5-6-8-16(15)21-4/h5-11,14H,1-4H3,(H,19,20)/t14-/m1/s1. The Morgan fingerprint density at radius 1 is 1.18 bits per heavy atom. The van der Waals surface area contributed by atoms with Gasteiger partial charge in [0.1, 0.15) is 5.75 Å². The Morgan fingerprint density at radius 3 is 2.64 bits per heavy atom. The lowest BCUT2D eigenvalue weighted by Gasteiger charge is -2.15. The van der Waals surface area contributed by atoms with Crippen molar-refractivity contribution in [3.63, 3.8) is 0 Å². The van der Waals surface area contributed by atoms with E-state index in [1.165, 1.54) is 11.1 Å².